The summed E-state index contributed by atoms with van der Waals surface area (Å²) in [5.41, 5.74) is 0. The third-order valence-electron chi connectivity index (χ3n) is 2.25. The highest BCUT2D eigenvalue weighted by molar-refractivity contribution is 5.58. The van der Waals surface area contributed by atoms with Gasteiger partial charge in [-0.25, -0.2) is 4.79 Å². The van der Waals surface area contributed by atoms with Crippen LogP contribution in [0.4, 0.5) is 9.18 Å². The Morgan fingerprint density at radius 3 is 2.36 bits per heavy atom. The smallest absolute Gasteiger partial charge is 0.437 e. The van der Waals surface area contributed by atoms with Gasteiger partial charge in [0.25, 0.3) is 0 Å². The Bertz CT molecular complexity index is 148. The van der Waals surface area contributed by atoms with E-state index in [1.165, 1.54) is 12.8 Å². The molecule has 84 valence electrons. The Morgan fingerprint density at radius 2 is 1.86 bits per heavy atom. The average molecular weight is 204 g/mol. The number of halogens is 1. The van der Waals surface area contributed by atoms with Gasteiger partial charge in [-0.2, -0.15) is 0 Å². The van der Waals surface area contributed by atoms with Gasteiger partial charge in [-0.1, -0.05) is 39.5 Å². The Labute approximate surface area is 85.8 Å². The molecule has 0 rings (SSSR count). The van der Waals surface area contributed by atoms with E-state index in [1.54, 1.807) is 0 Å². The lowest BCUT2D eigenvalue weighted by Crippen LogP contribution is -2.14. The van der Waals surface area contributed by atoms with Crippen molar-refractivity contribution in [2.45, 2.75) is 64.9 Å². The minimum atomic E-state index is -1.64. The minimum absolute atomic E-state index is 0.214. The van der Waals surface area contributed by atoms with Crippen LogP contribution in [0.2, 0.25) is 0 Å². The van der Waals surface area contributed by atoms with Gasteiger partial charge in [-0.3, -0.25) is 0 Å². The number of carbonyl (C=O) groups is 1. The first-order valence-electron chi connectivity index (χ1n) is 5.56. The number of rotatable bonds is 8. The van der Waals surface area contributed by atoms with Crippen molar-refractivity contribution in [1.29, 1.82) is 0 Å². The molecule has 0 radical (unpaired) electrons. The topological polar surface area (TPSA) is 26.3 Å². The fourth-order valence-corrected chi connectivity index (χ4v) is 1.51. The van der Waals surface area contributed by atoms with Gasteiger partial charge in [0.1, 0.15) is 6.10 Å². The standard InChI is InChI=1S/C11H21FO2/c1-3-5-6-7-9-10(8-4-2)14-11(12)13/h10H,3-9H2,1-2H3. The fourth-order valence-electron chi connectivity index (χ4n) is 1.51. The highest BCUT2D eigenvalue weighted by Gasteiger charge is 2.12. The van der Waals surface area contributed by atoms with Crippen LogP contribution in [0.15, 0.2) is 0 Å². The lowest BCUT2D eigenvalue weighted by Gasteiger charge is -2.14. The quantitative estimate of drug-likeness (QED) is 0.437. The predicted molar refractivity (Wildman–Crippen MR) is 55.0 cm³/mol. The summed E-state index contributed by atoms with van der Waals surface area (Å²) in [6, 6.07) is 0. The summed E-state index contributed by atoms with van der Waals surface area (Å²) in [5.74, 6) is 0. The molecule has 0 aliphatic rings. The summed E-state index contributed by atoms with van der Waals surface area (Å²) in [5, 5.41) is 0. The molecule has 0 aliphatic heterocycles. The molecule has 0 aliphatic carbocycles. The van der Waals surface area contributed by atoms with Crippen molar-refractivity contribution in [1.82, 2.24) is 0 Å². The molecule has 0 saturated heterocycles. The first kappa shape index (κ1) is 13.4. The summed E-state index contributed by atoms with van der Waals surface area (Å²) >= 11 is 0. The maximum Gasteiger partial charge on any atom is 0.495 e. The van der Waals surface area contributed by atoms with Crippen molar-refractivity contribution in [2.24, 2.45) is 0 Å². The predicted octanol–water partition coefficient (Wildman–Crippen LogP) is 4.23. The summed E-state index contributed by atoms with van der Waals surface area (Å²) in [4.78, 5) is 10.1. The van der Waals surface area contributed by atoms with Gasteiger partial charge in [-0.05, 0) is 19.3 Å². The molecule has 0 aromatic carbocycles. The molecule has 0 aromatic heterocycles. The van der Waals surface area contributed by atoms with E-state index in [9.17, 15) is 9.18 Å². The van der Waals surface area contributed by atoms with E-state index in [0.29, 0.717) is 0 Å². The Balaban J connectivity index is 3.56. The fraction of sp³-hybridized carbons (Fsp3) is 0.909. The molecule has 0 fully saturated rings. The summed E-state index contributed by atoms with van der Waals surface area (Å²) in [7, 11) is 0. The minimum Gasteiger partial charge on any atom is -0.437 e. The Morgan fingerprint density at radius 1 is 1.14 bits per heavy atom. The van der Waals surface area contributed by atoms with E-state index < -0.39 is 6.22 Å². The van der Waals surface area contributed by atoms with Crippen molar-refractivity contribution in [3.05, 3.63) is 0 Å². The van der Waals surface area contributed by atoms with Gasteiger partial charge >= 0.3 is 6.22 Å². The van der Waals surface area contributed by atoms with Gasteiger partial charge in [-0.15, -0.1) is 4.39 Å². The number of hydrogen-bond donors (Lipinski definition) is 0. The zero-order chi connectivity index (χ0) is 10.8. The second-order valence-electron chi connectivity index (χ2n) is 3.62. The summed E-state index contributed by atoms with van der Waals surface area (Å²) in [6.45, 7) is 4.15. The molecule has 0 heterocycles. The van der Waals surface area contributed by atoms with E-state index in [-0.39, 0.29) is 6.10 Å². The van der Waals surface area contributed by atoms with Crippen molar-refractivity contribution >= 4 is 6.22 Å². The molecule has 0 N–H and O–H groups in total. The van der Waals surface area contributed by atoms with E-state index >= 15 is 0 Å². The second-order valence-corrected chi connectivity index (χ2v) is 3.62. The molecule has 0 bridgehead atoms. The second kappa shape index (κ2) is 8.97. The van der Waals surface area contributed by atoms with Gasteiger partial charge in [0.2, 0.25) is 0 Å². The molecule has 0 aromatic rings. The van der Waals surface area contributed by atoms with Crippen LogP contribution in [-0.2, 0) is 4.74 Å². The van der Waals surface area contributed by atoms with Gasteiger partial charge < -0.3 is 4.74 Å². The van der Waals surface area contributed by atoms with E-state index in [0.717, 1.165) is 32.1 Å². The normalized spacial score (nSPS) is 12.5. The molecule has 1 unspecified atom stereocenters. The number of hydrogen-bond acceptors (Lipinski definition) is 2. The van der Waals surface area contributed by atoms with Crippen molar-refractivity contribution in [2.75, 3.05) is 0 Å². The van der Waals surface area contributed by atoms with Gasteiger partial charge in [0, 0.05) is 0 Å². The van der Waals surface area contributed by atoms with Crippen LogP contribution in [0.3, 0.4) is 0 Å². The first-order chi connectivity index (χ1) is 6.70. The molecular weight excluding hydrogens is 183 g/mol. The Hall–Kier alpha value is -0.600. The molecule has 0 spiro atoms. The molecule has 3 heteroatoms. The van der Waals surface area contributed by atoms with Crippen molar-refractivity contribution in [3.8, 4) is 0 Å². The average Bonchev–Trinajstić information content (AvgIpc) is 2.12. The van der Waals surface area contributed by atoms with Crippen LogP contribution in [0.25, 0.3) is 0 Å². The van der Waals surface area contributed by atoms with Crippen LogP contribution in [-0.4, -0.2) is 12.3 Å². The third kappa shape index (κ3) is 8.02. The van der Waals surface area contributed by atoms with Crippen LogP contribution >= 0.6 is 0 Å². The maximum atomic E-state index is 12.0. The van der Waals surface area contributed by atoms with E-state index in [2.05, 4.69) is 11.7 Å². The maximum absolute atomic E-state index is 12.0. The van der Waals surface area contributed by atoms with Gasteiger partial charge in [0.15, 0.2) is 0 Å². The van der Waals surface area contributed by atoms with Crippen LogP contribution in [0.5, 0.6) is 0 Å². The van der Waals surface area contributed by atoms with E-state index in [4.69, 9.17) is 0 Å². The number of unbranched alkanes of at least 4 members (excludes halogenated alkanes) is 3. The molecule has 0 amide bonds. The number of carbonyl (C=O) groups excluding carboxylic acids is 1. The molecular formula is C11H21FO2. The monoisotopic (exact) mass is 204 g/mol. The highest BCUT2D eigenvalue weighted by atomic mass is 19.1. The van der Waals surface area contributed by atoms with Crippen LogP contribution in [0, 0.1) is 0 Å². The van der Waals surface area contributed by atoms with E-state index in [1.807, 2.05) is 6.92 Å². The third-order valence-corrected chi connectivity index (χ3v) is 2.25. The number of ether oxygens (including phenoxy) is 1. The van der Waals surface area contributed by atoms with Crippen molar-refractivity contribution < 1.29 is 13.9 Å². The van der Waals surface area contributed by atoms with Crippen LogP contribution in [0.1, 0.15) is 58.8 Å². The zero-order valence-corrected chi connectivity index (χ0v) is 9.22. The lowest BCUT2D eigenvalue weighted by atomic mass is 10.1. The molecule has 1 atom stereocenters. The first-order valence-corrected chi connectivity index (χ1v) is 5.56. The van der Waals surface area contributed by atoms with Crippen molar-refractivity contribution in [3.63, 3.8) is 0 Å². The molecule has 2 nitrogen and oxygen atoms in total. The van der Waals surface area contributed by atoms with Crippen LogP contribution < -0.4 is 0 Å². The highest BCUT2D eigenvalue weighted by Crippen LogP contribution is 2.13. The summed E-state index contributed by atoms with van der Waals surface area (Å²) in [6.07, 6.45) is 5.17. The molecule has 14 heavy (non-hydrogen) atoms. The Kier molecular flexibility index (Phi) is 8.59. The lowest BCUT2D eigenvalue weighted by molar-refractivity contribution is 0.0653. The van der Waals surface area contributed by atoms with Gasteiger partial charge in [0.05, 0.1) is 0 Å². The molecule has 0 saturated carbocycles. The zero-order valence-electron chi connectivity index (χ0n) is 9.22. The SMILES string of the molecule is CCCCCCC(CCC)OC(=O)F. The largest absolute Gasteiger partial charge is 0.495 e. The summed E-state index contributed by atoms with van der Waals surface area (Å²) < 4.78 is 16.6.